The molecule has 0 aliphatic carbocycles. The summed E-state index contributed by atoms with van der Waals surface area (Å²) in [5.41, 5.74) is 2.46. The van der Waals surface area contributed by atoms with Gasteiger partial charge in [-0.2, -0.15) is 0 Å². The molecule has 2 rings (SSSR count). The number of phenolic OH excluding ortho intramolecular Hbond substituents is 2. The summed E-state index contributed by atoms with van der Waals surface area (Å²) in [6, 6.07) is 9.69. The van der Waals surface area contributed by atoms with Gasteiger partial charge in [-0.25, -0.2) is 0 Å². The summed E-state index contributed by atoms with van der Waals surface area (Å²) in [7, 11) is 0. The number of benzene rings is 2. The summed E-state index contributed by atoms with van der Waals surface area (Å²) in [5.74, 6) is 0.274. The van der Waals surface area contributed by atoms with Crippen molar-refractivity contribution in [2.24, 2.45) is 0 Å². The lowest BCUT2D eigenvalue weighted by molar-refractivity contribution is 0.112. The summed E-state index contributed by atoms with van der Waals surface area (Å²) in [6.07, 6.45) is 4.33. The number of aldehydes is 1. The number of hydrogen-bond acceptors (Lipinski definition) is 3. The number of rotatable bonds is 3. The monoisotopic (exact) mass is 254 g/mol. The quantitative estimate of drug-likeness (QED) is 0.822. The summed E-state index contributed by atoms with van der Waals surface area (Å²) in [4.78, 5) is 10.8. The van der Waals surface area contributed by atoms with Gasteiger partial charge in [0, 0.05) is 16.7 Å². The van der Waals surface area contributed by atoms with Crippen molar-refractivity contribution >= 4 is 12.4 Å². The van der Waals surface area contributed by atoms with E-state index in [2.05, 4.69) is 0 Å². The summed E-state index contributed by atoms with van der Waals surface area (Å²) >= 11 is 0. The first kappa shape index (κ1) is 12.9. The second kappa shape index (κ2) is 5.40. The molecule has 0 aliphatic rings. The molecule has 0 spiro atoms. The van der Waals surface area contributed by atoms with Crippen molar-refractivity contribution in [3.8, 4) is 22.6 Å². The summed E-state index contributed by atoms with van der Waals surface area (Å²) in [6.45, 7) is 1.86. The minimum Gasteiger partial charge on any atom is -0.507 e. The predicted molar refractivity (Wildman–Crippen MR) is 75.3 cm³/mol. The van der Waals surface area contributed by atoms with Gasteiger partial charge in [0.05, 0.1) is 0 Å². The first-order valence-electron chi connectivity index (χ1n) is 5.90. The van der Waals surface area contributed by atoms with E-state index in [4.69, 9.17) is 0 Å². The van der Waals surface area contributed by atoms with E-state index in [-0.39, 0.29) is 11.5 Å². The van der Waals surface area contributed by atoms with Crippen molar-refractivity contribution < 1.29 is 15.0 Å². The molecule has 2 aromatic carbocycles. The van der Waals surface area contributed by atoms with Crippen LogP contribution in [0.5, 0.6) is 11.5 Å². The van der Waals surface area contributed by atoms with E-state index >= 15 is 0 Å². The van der Waals surface area contributed by atoms with Gasteiger partial charge in [-0.1, -0.05) is 18.2 Å². The van der Waals surface area contributed by atoms with Crippen LogP contribution in [0.25, 0.3) is 17.2 Å². The molecule has 0 saturated heterocycles. The number of carbonyl (C=O) groups is 1. The fraction of sp³-hybridized carbons (Fsp3) is 0.0625. The Morgan fingerprint density at radius 2 is 1.74 bits per heavy atom. The Morgan fingerprint density at radius 3 is 2.42 bits per heavy atom. The first-order valence-corrected chi connectivity index (χ1v) is 5.90. The number of aromatic hydroxyl groups is 2. The van der Waals surface area contributed by atoms with Crippen LogP contribution in [0, 0.1) is 0 Å². The number of phenols is 2. The lowest BCUT2D eigenvalue weighted by Gasteiger charge is -2.08. The average molecular weight is 254 g/mol. The number of carbonyl (C=O) groups excluding carboxylic acids is 1. The van der Waals surface area contributed by atoms with Crippen molar-refractivity contribution in [3.63, 3.8) is 0 Å². The van der Waals surface area contributed by atoms with E-state index in [1.54, 1.807) is 36.4 Å². The van der Waals surface area contributed by atoms with Gasteiger partial charge in [0.25, 0.3) is 0 Å². The molecule has 0 saturated carbocycles. The Bertz CT molecular complexity index is 642. The fourth-order valence-electron chi connectivity index (χ4n) is 1.89. The lowest BCUT2D eigenvalue weighted by atomic mass is 9.99. The molecule has 0 aromatic heterocycles. The van der Waals surface area contributed by atoms with Crippen molar-refractivity contribution in [1.29, 1.82) is 0 Å². The maximum atomic E-state index is 10.8. The maximum Gasteiger partial charge on any atom is 0.150 e. The van der Waals surface area contributed by atoms with Gasteiger partial charge in [0.2, 0.25) is 0 Å². The molecular formula is C16H14O3. The smallest absolute Gasteiger partial charge is 0.150 e. The van der Waals surface area contributed by atoms with Crippen LogP contribution in [-0.2, 0) is 0 Å². The zero-order valence-corrected chi connectivity index (χ0v) is 10.5. The minimum absolute atomic E-state index is 0.0997. The molecule has 0 bridgehead atoms. The van der Waals surface area contributed by atoms with E-state index in [9.17, 15) is 15.0 Å². The van der Waals surface area contributed by atoms with Crippen LogP contribution < -0.4 is 0 Å². The van der Waals surface area contributed by atoms with Gasteiger partial charge in [0.1, 0.15) is 17.8 Å². The van der Waals surface area contributed by atoms with Crippen LogP contribution in [0.1, 0.15) is 22.8 Å². The van der Waals surface area contributed by atoms with E-state index in [1.165, 1.54) is 6.07 Å². The molecule has 3 heteroatoms. The van der Waals surface area contributed by atoms with Gasteiger partial charge in [-0.3, -0.25) is 4.79 Å². The molecule has 0 amide bonds. The first-order chi connectivity index (χ1) is 9.15. The van der Waals surface area contributed by atoms with Gasteiger partial charge < -0.3 is 10.2 Å². The van der Waals surface area contributed by atoms with E-state index in [0.29, 0.717) is 16.7 Å². The van der Waals surface area contributed by atoms with Crippen LogP contribution >= 0.6 is 0 Å². The minimum atomic E-state index is 0.0997. The second-order valence-corrected chi connectivity index (χ2v) is 4.17. The molecule has 0 unspecified atom stereocenters. The number of allylic oxidation sites excluding steroid dienone is 1. The number of hydrogen-bond donors (Lipinski definition) is 2. The Morgan fingerprint density at radius 1 is 1.00 bits per heavy atom. The zero-order valence-electron chi connectivity index (χ0n) is 10.5. The Balaban J connectivity index is 2.58. The van der Waals surface area contributed by atoms with Crippen molar-refractivity contribution in [2.75, 3.05) is 0 Å². The Labute approximate surface area is 111 Å². The van der Waals surface area contributed by atoms with Crippen LogP contribution in [0.15, 0.2) is 42.5 Å². The largest absolute Gasteiger partial charge is 0.507 e. The highest BCUT2D eigenvalue weighted by Gasteiger charge is 2.07. The standard InChI is InChI=1S/C16H14O3/c1-2-3-13-9-12(5-7-15(13)18)14-8-11(10-17)4-6-16(14)19/h2-10,18-19H,1H3/b3-2+. The van der Waals surface area contributed by atoms with Crippen molar-refractivity contribution in [2.45, 2.75) is 6.92 Å². The maximum absolute atomic E-state index is 10.8. The second-order valence-electron chi connectivity index (χ2n) is 4.17. The molecule has 0 aliphatic heterocycles. The molecule has 0 atom stereocenters. The van der Waals surface area contributed by atoms with Crippen LogP contribution in [0.3, 0.4) is 0 Å². The molecule has 3 nitrogen and oxygen atoms in total. The third-order valence-corrected chi connectivity index (χ3v) is 2.84. The molecule has 2 aromatic rings. The van der Waals surface area contributed by atoms with Crippen LogP contribution in [-0.4, -0.2) is 16.5 Å². The summed E-state index contributed by atoms with van der Waals surface area (Å²) in [5, 5.41) is 19.6. The molecule has 0 heterocycles. The third-order valence-electron chi connectivity index (χ3n) is 2.84. The molecule has 0 radical (unpaired) electrons. The third kappa shape index (κ3) is 2.65. The van der Waals surface area contributed by atoms with Gasteiger partial charge in [-0.05, 0) is 42.8 Å². The molecule has 2 N–H and O–H groups in total. The van der Waals surface area contributed by atoms with E-state index < -0.39 is 0 Å². The Hall–Kier alpha value is -2.55. The normalized spacial score (nSPS) is 10.8. The average Bonchev–Trinajstić information content (AvgIpc) is 2.42. The highest BCUT2D eigenvalue weighted by Crippen LogP contribution is 2.33. The van der Waals surface area contributed by atoms with Crippen molar-refractivity contribution in [3.05, 3.63) is 53.6 Å². The highest BCUT2D eigenvalue weighted by atomic mass is 16.3. The molecular weight excluding hydrogens is 240 g/mol. The van der Waals surface area contributed by atoms with Gasteiger partial charge in [0.15, 0.2) is 0 Å². The van der Waals surface area contributed by atoms with E-state index in [1.807, 2.05) is 13.0 Å². The van der Waals surface area contributed by atoms with Gasteiger partial charge in [-0.15, -0.1) is 0 Å². The predicted octanol–water partition coefficient (Wildman–Crippen LogP) is 3.61. The van der Waals surface area contributed by atoms with Gasteiger partial charge >= 0.3 is 0 Å². The zero-order chi connectivity index (χ0) is 13.8. The highest BCUT2D eigenvalue weighted by molar-refractivity contribution is 5.82. The Kier molecular flexibility index (Phi) is 3.66. The van der Waals surface area contributed by atoms with Crippen LogP contribution in [0.2, 0.25) is 0 Å². The molecule has 96 valence electrons. The fourth-order valence-corrected chi connectivity index (χ4v) is 1.89. The van der Waals surface area contributed by atoms with Crippen molar-refractivity contribution in [1.82, 2.24) is 0 Å². The topological polar surface area (TPSA) is 57.5 Å². The summed E-state index contributed by atoms with van der Waals surface area (Å²) < 4.78 is 0. The molecule has 0 fully saturated rings. The SMILES string of the molecule is C/C=C/c1cc(-c2cc(C=O)ccc2O)ccc1O. The molecule has 19 heavy (non-hydrogen) atoms. The van der Waals surface area contributed by atoms with E-state index in [0.717, 1.165) is 11.8 Å². The van der Waals surface area contributed by atoms with Crippen LogP contribution in [0.4, 0.5) is 0 Å². The lowest BCUT2D eigenvalue weighted by Crippen LogP contribution is -1.85.